The molecule has 0 aromatic carbocycles. The van der Waals surface area contributed by atoms with Crippen molar-refractivity contribution in [1.29, 1.82) is 0 Å². The molecule has 0 heterocycles. The lowest BCUT2D eigenvalue weighted by Crippen LogP contribution is -2.48. The highest BCUT2D eigenvalue weighted by atomic mass is 16.5. The smallest absolute Gasteiger partial charge is 0.221 e. The Morgan fingerprint density at radius 3 is 2.63 bits per heavy atom. The van der Waals surface area contributed by atoms with Gasteiger partial charge in [0.15, 0.2) is 0 Å². The minimum absolute atomic E-state index is 0.0675. The minimum Gasteiger partial charge on any atom is -0.388 e. The van der Waals surface area contributed by atoms with Gasteiger partial charge in [0, 0.05) is 38.6 Å². The summed E-state index contributed by atoms with van der Waals surface area (Å²) >= 11 is 0. The Labute approximate surface area is 115 Å². The third-order valence-electron chi connectivity index (χ3n) is 3.87. The predicted molar refractivity (Wildman–Crippen MR) is 74.7 cm³/mol. The van der Waals surface area contributed by atoms with Crippen LogP contribution in [0.25, 0.3) is 0 Å². The van der Waals surface area contributed by atoms with Crippen LogP contribution in [0.2, 0.25) is 0 Å². The van der Waals surface area contributed by atoms with E-state index in [2.05, 4.69) is 5.32 Å². The summed E-state index contributed by atoms with van der Waals surface area (Å²) in [5.74, 6) is -0.0675. The number of aliphatic hydroxyl groups is 1. The van der Waals surface area contributed by atoms with Crippen LogP contribution in [-0.2, 0) is 9.53 Å². The summed E-state index contributed by atoms with van der Waals surface area (Å²) in [5.41, 5.74) is 4.96. The standard InChI is InChI=1S/C14H28N2O3/c1-13(18,8-9-19-2)11-16-12(17)10-14(15)6-4-3-5-7-14/h18H,3-11,15H2,1-2H3,(H,16,17). The fourth-order valence-electron chi connectivity index (χ4n) is 2.51. The zero-order chi connectivity index (χ0) is 14.4. The largest absolute Gasteiger partial charge is 0.388 e. The molecule has 0 aromatic heterocycles. The highest BCUT2D eigenvalue weighted by molar-refractivity contribution is 5.77. The maximum absolute atomic E-state index is 11.9. The molecule has 1 aliphatic rings. The molecule has 1 aliphatic carbocycles. The van der Waals surface area contributed by atoms with Crippen molar-refractivity contribution >= 4 is 5.91 Å². The fourth-order valence-corrected chi connectivity index (χ4v) is 2.51. The molecule has 19 heavy (non-hydrogen) atoms. The normalized spacial score (nSPS) is 21.7. The van der Waals surface area contributed by atoms with Gasteiger partial charge in [-0.3, -0.25) is 4.79 Å². The third kappa shape index (κ3) is 6.36. The van der Waals surface area contributed by atoms with Gasteiger partial charge in [-0.2, -0.15) is 0 Å². The van der Waals surface area contributed by atoms with Gasteiger partial charge in [-0.1, -0.05) is 19.3 Å². The van der Waals surface area contributed by atoms with Crippen LogP contribution < -0.4 is 11.1 Å². The molecule has 0 spiro atoms. The molecule has 1 fully saturated rings. The summed E-state index contributed by atoms with van der Waals surface area (Å²) in [6.07, 6.45) is 6.11. The van der Waals surface area contributed by atoms with Gasteiger partial charge in [0.25, 0.3) is 0 Å². The maximum atomic E-state index is 11.9. The van der Waals surface area contributed by atoms with Gasteiger partial charge in [-0.25, -0.2) is 0 Å². The van der Waals surface area contributed by atoms with E-state index in [-0.39, 0.29) is 18.0 Å². The van der Waals surface area contributed by atoms with Crippen LogP contribution >= 0.6 is 0 Å². The fraction of sp³-hybridized carbons (Fsp3) is 0.929. The summed E-state index contributed by atoms with van der Waals surface area (Å²) in [7, 11) is 1.59. The van der Waals surface area contributed by atoms with Crippen molar-refractivity contribution in [2.24, 2.45) is 5.73 Å². The van der Waals surface area contributed by atoms with Gasteiger partial charge in [0.05, 0.1) is 5.60 Å². The highest BCUT2D eigenvalue weighted by Crippen LogP contribution is 2.28. The minimum atomic E-state index is -0.931. The molecule has 0 radical (unpaired) electrons. The molecule has 1 rings (SSSR count). The number of hydrogen-bond donors (Lipinski definition) is 3. The summed E-state index contributed by atoms with van der Waals surface area (Å²) in [6.45, 7) is 2.42. The number of carbonyl (C=O) groups excluding carboxylic acids is 1. The summed E-state index contributed by atoms with van der Waals surface area (Å²) in [4.78, 5) is 11.9. The molecule has 1 atom stereocenters. The van der Waals surface area contributed by atoms with Gasteiger partial charge in [0.2, 0.25) is 5.91 Å². The van der Waals surface area contributed by atoms with Crippen LogP contribution in [0.5, 0.6) is 0 Å². The van der Waals surface area contributed by atoms with Crippen molar-refractivity contribution in [2.75, 3.05) is 20.3 Å². The molecule has 5 nitrogen and oxygen atoms in total. The van der Waals surface area contributed by atoms with E-state index in [0.29, 0.717) is 19.4 Å². The van der Waals surface area contributed by atoms with Crippen molar-refractivity contribution in [3.8, 4) is 0 Å². The average molecular weight is 272 g/mol. The lowest BCUT2D eigenvalue weighted by molar-refractivity contribution is -0.123. The first-order chi connectivity index (χ1) is 8.87. The van der Waals surface area contributed by atoms with Crippen LogP contribution in [-0.4, -0.2) is 42.4 Å². The summed E-state index contributed by atoms with van der Waals surface area (Å²) in [6, 6.07) is 0. The maximum Gasteiger partial charge on any atom is 0.221 e. The van der Waals surface area contributed by atoms with Crippen LogP contribution in [0.3, 0.4) is 0 Å². The number of amides is 1. The second-order valence-corrected chi connectivity index (χ2v) is 6.12. The molecule has 5 heteroatoms. The molecule has 0 saturated heterocycles. The zero-order valence-electron chi connectivity index (χ0n) is 12.2. The number of methoxy groups -OCH3 is 1. The van der Waals surface area contributed by atoms with E-state index in [0.717, 1.165) is 25.7 Å². The Morgan fingerprint density at radius 1 is 1.42 bits per heavy atom. The number of hydrogen-bond acceptors (Lipinski definition) is 4. The molecule has 1 unspecified atom stereocenters. The van der Waals surface area contributed by atoms with E-state index in [1.54, 1.807) is 14.0 Å². The van der Waals surface area contributed by atoms with E-state index in [4.69, 9.17) is 10.5 Å². The van der Waals surface area contributed by atoms with Gasteiger partial charge >= 0.3 is 0 Å². The zero-order valence-corrected chi connectivity index (χ0v) is 12.2. The number of carbonyl (C=O) groups is 1. The average Bonchev–Trinajstić information content (AvgIpc) is 2.35. The van der Waals surface area contributed by atoms with Crippen molar-refractivity contribution < 1.29 is 14.6 Å². The molecule has 112 valence electrons. The first-order valence-corrected chi connectivity index (χ1v) is 7.14. The summed E-state index contributed by atoms with van der Waals surface area (Å²) < 4.78 is 4.93. The van der Waals surface area contributed by atoms with Gasteiger partial charge in [0.1, 0.15) is 0 Å². The highest BCUT2D eigenvalue weighted by Gasteiger charge is 2.30. The first kappa shape index (κ1) is 16.4. The molecular weight excluding hydrogens is 244 g/mol. The van der Waals surface area contributed by atoms with Crippen molar-refractivity contribution in [3.63, 3.8) is 0 Å². The molecule has 4 N–H and O–H groups in total. The van der Waals surface area contributed by atoms with Crippen LogP contribution in [0.1, 0.15) is 51.9 Å². The Balaban J connectivity index is 2.30. The van der Waals surface area contributed by atoms with Crippen molar-refractivity contribution in [3.05, 3.63) is 0 Å². The number of ether oxygens (including phenoxy) is 1. The second-order valence-electron chi connectivity index (χ2n) is 6.12. The van der Waals surface area contributed by atoms with Gasteiger partial charge < -0.3 is 20.9 Å². The second kappa shape index (κ2) is 7.22. The lowest BCUT2D eigenvalue weighted by Gasteiger charge is -2.33. The third-order valence-corrected chi connectivity index (χ3v) is 3.87. The Morgan fingerprint density at radius 2 is 2.05 bits per heavy atom. The summed E-state index contributed by atoms with van der Waals surface area (Å²) in [5, 5.41) is 12.8. The Hall–Kier alpha value is -0.650. The van der Waals surface area contributed by atoms with E-state index >= 15 is 0 Å². The SMILES string of the molecule is COCCC(C)(O)CNC(=O)CC1(N)CCCCC1. The topological polar surface area (TPSA) is 84.6 Å². The van der Waals surface area contributed by atoms with E-state index in [1.807, 2.05) is 0 Å². The van der Waals surface area contributed by atoms with E-state index in [1.165, 1.54) is 6.42 Å². The van der Waals surface area contributed by atoms with Crippen LogP contribution in [0.4, 0.5) is 0 Å². The predicted octanol–water partition coefficient (Wildman–Crippen LogP) is 0.942. The van der Waals surface area contributed by atoms with Crippen molar-refractivity contribution in [2.45, 2.75) is 63.0 Å². The quantitative estimate of drug-likeness (QED) is 0.644. The number of rotatable bonds is 7. The molecule has 1 amide bonds. The molecular formula is C14H28N2O3. The number of nitrogens with one attached hydrogen (secondary N) is 1. The molecule has 0 aromatic rings. The molecule has 1 saturated carbocycles. The monoisotopic (exact) mass is 272 g/mol. The number of nitrogens with two attached hydrogens (primary N) is 1. The Bertz CT molecular complexity index is 286. The first-order valence-electron chi connectivity index (χ1n) is 7.14. The van der Waals surface area contributed by atoms with Crippen molar-refractivity contribution in [1.82, 2.24) is 5.32 Å². The van der Waals surface area contributed by atoms with Gasteiger partial charge in [-0.15, -0.1) is 0 Å². The van der Waals surface area contributed by atoms with Crippen LogP contribution in [0, 0.1) is 0 Å². The molecule has 0 bridgehead atoms. The Kier molecular flexibility index (Phi) is 6.23. The van der Waals surface area contributed by atoms with E-state index in [9.17, 15) is 9.90 Å². The van der Waals surface area contributed by atoms with Crippen LogP contribution in [0.15, 0.2) is 0 Å². The lowest BCUT2D eigenvalue weighted by atomic mass is 9.80. The van der Waals surface area contributed by atoms with E-state index < -0.39 is 5.60 Å². The molecule has 0 aliphatic heterocycles. The van der Waals surface area contributed by atoms with Gasteiger partial charge in [-0.05, 0) is 19.8 Å².